The second-order valence-corrected chi connectivity index (χ2v) is 9.90. The maximum absolute atomic E-state index is 12.7. The summed E-state index contributed by atoms with van der Waals surface area (Å²) in [7, 11) is 0. The molecule has 0 unspecified atom stereocenters. The van der Waals surface area contributed by atoms with Gasteiger partial charge in [0.05, 0.1) is 6.61 Å². The van der Waals surface area contributed by atoms with Crippen LogP contribution in [0.1, 0.15) is 69.7 Å². The van der Waals surface area contributed by atoms with E-state index in [4.69, 9.17) is 0 Å². The van der Waals surface area contributed by atoms with Crippen LogP contribution in [0.25, 0.3) is 0 Å². The predicted molar refractivity (Wildman–Crippen MR) is 120 cm³/mol. The minimum absolute atomic E-state index is 0.0292. The van der Waals surface area contributed by atoms with Gasteiger partial charge in [-0.2, -0.15) is 11.3 Å². The third-order valence-electron chi connectivity index (χ3n) is 6.97. The van der Waals surface area contributed by atoms with Gasteiger partial charge in [0, 0.05) is 23.4 Å². The zero-order chi connectivity index (χ0) is 22.4. The molecule has 31 heavy (non-hydrogen) atoms. The van der Waals surface area contributed by atoms with Crippen LogP contribution in [0.4, 0.5) is 4.79 Å². The maximum Gasteiger partial charge on any atom is 0.516 e. The molecule has 2 bridgehead atoms. The third kappa shape index (κ3) is 5.76. The predicted octanol–water partition coefficient (Wildman–Crippen LogP) is 5.35. The SMILES string of the molecule is CCOC(=O)OC(=O)CCC/C=C\C[C@H]1C[C@H]2C[C@@H]([C@@H]1NC(=O)c1ccsc1)C2(C)C. The van der Waals surface area contributed by atoms with Crippen LogP contribution in [0.3, 0.4) is 0 Å². The Morgan fingerprint density at radius 3 is 2.74 bits per heavy atom. The first kappa shape index (κ1) is 23.5. The first-order valence-electron chi connectivity index (χ1n) is 11.2. The molecule has 3 saturated carbocycles. The Balaban J connectivity index is 1.46. The van der Waals surface area contributed by atoms with Gasteiger partial charge in [-0.1, -0.05) is 26.0 Å². The van der Waals surface area contributed by atoms with Crippen LogP contribution in [-0.4, -0.2) is 30.7 Å². The monoisotopic (exact) mass is 447 g/mol. The Labute approximate surface area is 188 Å². The number of fused-ring (bicyclic) bond motifs is 2. The summed E-state index contributed by atoms with van der Waals surface area (Å²) >= 11 is 1.54. The molecule has 0 spiro atoms. The fraction of sp³-hybridized carbons (Fsp3) is 0.625. The number of rotatable bonds is 9. The second kappa shape index (κ2) is 10.4. The Morgan fingerprint density at radius 1 is 1.26 bits per heavy atom. The van der Waals surface area contributed by atoms with E-state index in [1.54, 1.807) is 6.92 Å². The van der Waals surface area contributed by atoms with Crippen molar-refractivity contribution in [1.82, 2.24) is 5.32 Å². The smallest absolute Gasteiger partial charge is 0.434 e. The topological polar surface area (TPSA) is 81.7 Å². The summed E-state index contributed by atoms with van der Waals surface area (Å²) in [5, 5.41) is 7.17. The lowest BCUT2D eigenvalue weighted by Gasteiger charge is -2.62. The summed E-state index contributed by atoms with van der Waals surface area (Å²) in [5.74, 6) is 1.15. The number of carbonyl (C=O) groups is 3. The molecule has 0 aliphatic heterocycles. The average Bonchev–Trinajstić information content (AvgIpc) is 3.26. The molecule has 3 fully saturated rings. The zero-order valence-corrected chi connectivity index (χ0v) is 19.4. The van der Waals surface area contributed by atoms with E-state index in [2.05, 4.69) is 40.8 Å². The van der Waals surface area contributed by atoms with Gasteiger partial charge in [0.15, 0.2) is 0 Å². The number of thiophene rings is 1. The molecule has 0 aromatic carbocycles. The average molecular weight is 448 g/mol. The van der Waals surface area contributed by atoms with E-state index in [0.717, 1.165) is 30.7 Å². The van der Waals surface area contributed by atoms with Crippen LogP contribution in [0.5, 0.6) is 0 Å². The first-order chi connectivity index (χ1) is 14.8. The third-order valence-corrected chi connectivity index (χ3v) is 7.66. The number of hydrogen-bond donors (Lipinski definition) is 1. The van der Waals surface area contributed by atoms with Crippen molar-refractivity contribution in [3.8, 4) is 0 Å². The molecule has 0 saturated heterocycles. The molecule has 1 N–H and O–H groups in total. The molecule has 170 valence electrons. The van der Waals surface area contributed by atoms with Gasteiger partial charge in [-0.15, -0.1) is 0 Å². The number of ether oxygens (including phenoxy) is 2. The Morgan fingerprint density at radius 2 is 2.06 bits per heavy atom. The Bertz CT molecular complexity index is 801. The second-order valence-electron chi connectivity index (χ2n) is 9.12. The van der Waals surface area contributed by atoms with Crippen LogP contribution in [0.15, 0.2) is 29.0 Å². The molecule has 4 atom stereocenters. The van der Waals surface area contributed by atoms with Crippen molar-refractivity contribution in [3.63, 3.8) is 0 Å². The summed E-state index contributed by atoms with van der Waals surface area (Å²) in [5.41, 5.74) is 1.03. The van der Waals surface area contributed by atoms with Gasteiger partial charge < -0.3 is 14.8 Å². The van der Waals surface area contributed by atoms with Crippen molar-refractivity contribution in [1.29, 1.82) is 0 Å². The van der Waals surface area contributed by atoms with Crippen molar-refractivity contribution in [2.45, 2.75) is 65.3 Å². The van der Waals surface area contributed by atoms with E-state index in [9.17, 15) is 14.4 Å². The summed E-state index contributed by atoms with van der Waals surface area (Å²) in [6, 6.07) is 2.07. The van der Waals surface area contributed by atoms with Crippen LogP contribution < -0.4 is 5.32 Å². The molecule has 1 amide bonds. The fourth-order valence-corrected chi connectivity index (χ4v) is 5.68. The highest BCUT2D eigenvalue weighted by atomic mass is 32.1. The lowest BCUT2D eigenvalue weighted by Crippen LogP contribution is -2.63. The van der Waals surface area contributed by atoms with Crippen molar-refractivity contribution in [3.05, 3.63) is 34.5 Å². The van der Waals surface area contributed by atoms with E-state index in [1.807, 2.05) is 16.8 Å². The minimum atomic E-state index is -0.933. The van der Waals surface area contributed by atoms with Gasteiger partial charge in [-0.25, -0.2) is 4.79 Å². The summed E-state index contributed by atoms with van der Waals surface area (Å²) in [4.78, 5) is 35.4. The highest BCUT2D eigenvalue weighted by Crippen LogP contribution is 2.61. The number of esters is 1. The summed E-state index contributed by atoms with van der Waals surface area (Å²) in [6.07, 6.45) is 8.12. The molecular formula is C24H33NO5S. The maximum atomic E-state index is 12.7. The van der Waals surface area contributed by atoms with Gasteiger partial charge in [0.25, 0.3) is 5.91 Å². The van der Waals surface area contributed by atoms with Gasteiger partial charge in [-0.05, 0) is 73.6 Å². The lowest BCUT2D eigenvalue weighted by atomic mass is 9.44. The largest absolute Gasteiger partial charge is 0.516 e. The minimum Gasteiger partial charge on any atom is -0.434 e. The highest BCUT2D eigenvalue weighted by Gasteiger charge is 2.57. The first-order valence-corrected chi connectivity index (χ1v) is 12.1. The standard InChI is InChI=1S/C24H33NO5S/c1-4-29-23(28)30-20(26)10-8-6-5-7-9-16-13-18-14-19(24(18,2)3)21(16)25-22(27)17-11-12-31-15-17/h5,7,11-12,15-16,18-19,21H,4,6,8-10,13-14H2,1-3H3,(H,25,27)/b7-5-/t16-,18-,19-,21+/m0/s1. The number of allylic oxidation sites excluding steroid dienone is 2. The molecule has 3 aliphatic rings. The van der Waals surface area contributed by atoms with Crippen LogP contribution in [0.2, 0.25) is 0 Å². The van der Waals surface area contributed by atoms with Gasteiger partial charge in [-0.3, -0.25) is 9.59 Å². The summed E-state index contributed by atoms with van der Waals surface area (Å²) < 4.78 is 9.13. The van der Waals surface area contributed by atoms with E-state index < -0.39 is 12.1 Å². The van der Waals surface area contributed by atoms with Crippen molar-refractivity contribution in [2.75, 3.05) is 6.61 Å². The molecule has 1 aromatic rings. The quantitative estimate of drug-likeness (QED) is 0.239. The van der Waals surface area contributed by atoms with Gasteiger partial charge in [0.2, 0.25) is 0 Å². The molecule has 1 aromatic heterocycles. The molecule has 7 heteroatoms. The zero-order valence-electron chi connectivity index (χ0n) is 18.6. The summed E-state index contributed by atoms with van der Waals surface area (Å²) in [6.45, 7) is 6.50. The highest BCUT2D eigenvalue weighted by molar-refractivity contribution is 7.08. The van der Waals surface area contributed by atoms with Crippen LogP contribution >= 0.6 is 11.3 Å². The Hall–Kier alpha value is -2.15. The van der Waals surface area contributed by atoms with Crippen molar-refractivity contribution >= 4 is 29.4 Å². The number of unbranched alkanes of at least 4 members (excludes halogenated alkanes) is 1. The molecular weight excluding hydrogens is 414 g/mol. The number of nitrogens with one attached hydrogen (secondary N) is 1. The normalized spacial score (nSPS) is 26.2. The lowest BCUT2D eigenvalue weighted by molar-refractivity contribution is -0.139. The van der Waals surface area contributed by atoms with E-state index in [0.29, 0.717) is 18.3 Å². The molecule has 0 radical (unpaired) electrons. The molecule has 6 nitrogen and oxygen atoms in total. The molecule has 3 aliphatic carbocycles. The van der Waals surface area contributed by atoms with Crippen molar-refractivity contribution in [2.24, 2.45) is 23.2 Å². The van der Waals surface area contributed by atoms with E-state index in [-0.39, 0.29) is 30.4 Å². The Kier molecular flexibility index (Phi) is 7.92. The molecule has 4 rings (SSSR count). The van der Waals surface area contributed by atoms with Gasteiger partial charge in [0.1, 0.15) is 0 Å². The van der Waals surface area contributed by atoms with Crippen molar-refractivity contribution < 1.29 is 23.9 Å². The van der Waals surface area contributed by atoms with Crippen LogP contribution in [0, 0.1) is 23.2 Å². The number of hydrogen-bond acceptors (Lipinski definition) is 6. The van der Waals surface area contributed by atoms with Crippen LogP contribution in [-0.2, 0) is 14.3 Å². The molecule has 1 heterocycles. The van der Waals surface area contributed by atoms with E-state index >= 15 is 0 Å². The van der Waals surface area contributed by atoms with E-state index in [1.165, 1.54) is 17.8 Å². The fourth-order valence-electron chi connectivity index (χ4n) is 5.04. The van der Waals surface area contributed by atoms with Gasteiger partial charge >= 0.3 is 12.1 Å². The number of amides is 1. The number of carbonyl (C=O) groups excluding carboxylic acids is 3.